The second kappa shape index (κ2) is 8.04. The summed E-state index contributed by atoms with van der Waals surface area (Å²) in [6, 6.07) is 15.2. The number of thiazole rings is 1. The van der Waals surface area contributed by atoms with Crippen molar-refractivity contribution in [1.82, 2.24) is 15.2 Å². The minimum atomic E-state index is -0.00832. The van der Waals surface area contributed by atoms with E-state index in [1.165, 1.54) is 11.8 Å². The largest absolute Gasteiger partial charge is 0.486 e. The molecule has 0 N–H and O–H groups in total. The van der Waals surface area contributed by atoms with Crippen LogP contribution in [0.2, 0.25) is 0 Å². The maximum absolute atomic E-state index is 12.8. The van der Waals surface area contributed by atoms with Crippen molar-refractivity contribution in [3.8, 4) is 22.8 Å². The first-order valence-corrected chi connectivity index (χ1v) is 11.2. The fourth-order valence-corrected chi connectivity index (χ4v) is 5.05. The van der Waals surface area contributed by atoms with Gasteiger partial charge >= 0.3 is 0 Å². The lowest BCUT2D eigenvalue weighted by Crippen LogP contribution is -2.16. The summed E-state index contributed by atoms with van der Waals surface area (Å²) in [4.78, 5) is 17.4. The molecule has 1 aliphatic rings. The first-order valence-electron chi connectivity index (χ1n) is 9.44. The number of aryl methyl sites for hydroxylation is 1. The molecule has 8 heteroatoms. The van der Waals surface area contributed by atoms with Crippen molar-refractivity contribution in [2.75, 3.05) is 19.0 Å². The molecule has 5 rings (SSSR count). The van der Waals surface area contributed by atoms with Gasteiger partial charge in [0.2, 0.25) is 0 Å². The zero-order valence-electron chi connectivity index (χ0n) is 16.1. The summed E-state index contributed by atoms with van der Waals surface area (Å²) >= 11 is 2.95. The third-order valence-electron chi connectivity index (χ3n) is 4.64. The van der Waals surface area contributed by atoms with Crippen LogP contribution in [0, 0.1) is 6.92 Å². The van der Waals surface area contributed by atoms with Gasteiger partial charge in [0.25, 0.3) is 0 Å². The highest BCUT2D eigenvalue weighted by Gasteiger charge is 2.19. The molecule has 0 unspecified atom stereocenters. The smallest absolute Gasteiger partial charge is 0.173 e. The molecule has 0 aliphatic carbocycles. The molecule has 0 radical (unpaired) electrons. The Morgan fingerprint density at radius 2 is 1.87 bits per heavy atom. The first-order chi connectivity index (χ1) is 14.7. The van der Waals surface area contributed by atoms with E-state index in [1.54, 1.807) is 29.5 Å². The molecule has 1 aliphatic heterocycles. The van der Waals surface area contributed by atoms with E-state index in [0.29, 0.717) is 35.3 Å². The fraction of sp³-hybridized carbons (Fsp3) is 0.182. The van der Waals surface area contributed by atoms with Gasteiger partial charge < -0.3 is 9.47 Å². The van der Waals surface area contributed by atoms with E-state index in [-0.39, 0.29) is 11.5 Å². The Balaban J connectivity index is 1.40. The van der Waals surface area contributed by atoms with Crippen LogP contribution in [0.5, 0.6) is 11.5 Å². The normalized spacial score (nSPS) is 12.8. The average molecular weight is 436 g/mol. The number of nitrogens with zero attached hydrogens (tertiary/aromatic N) is 3. The van der Waals surface area contributed by atoms with Crippen molar-refractivity contribution in [3.05, 3.63) is 59.1 Å². The quantitative estimate of drug-likeness (QED) is 0.329. The van der Waals surface area contributed by atoms with Crippen LogP contribution < -0.4 is 9.47 Å². The zero-order valence-corrected chi connectivity index (χ0v) is 17.8. The predicted octanol–water partition coefficient (Wildman–Crippen LogP) is 4.81. The summed E-state index contributed by atoms with van der Waals surface area (Å²) in [5, 5.41) is 10.5. The highest BCUT2D eigenvalue weighted by molar-refractivity contribution is 8.00. The lowest BCUT2D eigenvalue weighted by molar-refractivity contribution is 0.102. The molecule has 0 amide bonds. The number of carbonyl (C=O) groups is 1. The van der Waals surface area contributed by atoms with Gasteiger partial charge in [0.15, 0.2) is 17.3 Å². The number of carbonyl (C=O) groups excluding carboxylic acids is 1. The minimum absolute atomic E-state index is 0.00832. The van der Waals surface area contributed by atoms with Gasteiger partial charge in [0.1, 0.15) is 29.5 Å². The Bertz CT molecular complexity index is 1240. The SMILES string of the molecule is Cc1nc2c(SCC(=O)c3ccc4c(c3)OCCO4)nnc(-c3ccccc3)c2s1. The topological polar surface area (TPSA) is 74.2 Å². The van der Waals surface area contributed by atoms with Crippen LogP contribution in [0.25, 0.3) is 21.5 Å². The highest BCUT2D eigenvalue weighted by atomic mass is 32.2. The van der Waals surface area contributed by atoms with Crippen LogP contribution in [0.3, 0.4) is 0 Å². The molecule has 0 saturated carbocycles. The van der Waals surface area contributed by atoms with Crippen LogP contribution in [0.4, 0.5) is 0 Å². The Morgan fingerprint density at radius 3 is 2.70 bits per heavy atom. The summed E-state index contributed by atoms with van der Waals surface area (Å²) in [5.74, 6) is 1.52. The maximum atomic E-state index is 12.8. The molecule has 30 heavy (non-hydrogen) atoms. The number of aromatic nitrogens is 3. The van der Waals surface area contributed by atoms with Crippen molar-refractivity contribution in [3.63, 3.8) is 0 Å². The van der Waals surface area contributed by atoms with E-state index in [0.717, 1.165) is 26.5 Å². The number of thioether (sulfide) groups is 1. The highest BCUT2D eigenvalue weighted by Crippen LogP contribution is 2.36. The van der Waals surface area contributed by atoms with Gasteiger partial charge in [-0.15, -0.1) is 21.5 Å². The van der Waals surface area contributed by atoms with Gasteiger partial charge in [-0.2, -0.15) is 0 Å². The number of rotatable bonds is 5. The monoisotopic (exact) mass is 435 g/mol. The molecule has 3 heterocycles. The summed E-state index contributed by atoms with van der Waals surface area (Å²) in [6.45, 7) is 2.98. The van der Waals surface area contributed by atoms with Gasteiger partial charge in [-0.1, -0.05) is 42.1 Å². The zero-order chi connectivity index (χ0) is 20.5. The van der Waals surface area contributed by atoms with Crippen LogP contribution in [-0.4, -0.2) is 39.9 Å². The molecule has 6 nitrogen and oxygen atoms in total. The number of ether oxygens (including phenoxy) is 2. The van der Waals surface area contributed by atoms with E-state index >= 15 is 0 Å². The molecule has 2 aromatic carbocycles. The lowest BCUT2D eigenvalue weighted by atomic mass is 10.1. The van der Waals surface area contributed by atoms with E-state index < -0.39 is 0 Å². The van der Waals surface area contributed by atoms with Crippen LogP contribution in [-0.2, 0) is 0 Å². The summed E-state index contributed by atoms with van der Waals surface area (Å²) in [7, 11) is 0. The number of ketones is 1. The minimum Gasteiger partial charge on any atom is -0.486 e. The third-order valence-corrected chi connectivity index (χ3v) is 6.58. The molecule has 150 valence electrons. The second-order valence-electron chi connectivity index (χ2n) is 6.70. The number of fused-ring (bicyclic) bond motifs is 2. The van der Waals surface area contributed by atoms with Crippen molar-refractivity contribution in [2.45, 2.75) is 11.9 Å². The van der Waals surface area contributed by atoms with E-state index in [4.69, 9.17) is 9.47 Å². The van der Waals surface area contributed by atoms with E-state index in [9.17, 15) is 4.79 Å². The molecule has 0 saturated heterocycles. The fourth-order valence-electron chi connectivity index (χ4n) is 3.24. The van der Waals surface area contributed by atoms with Gasteiger partial charge in [0.05, 0.1) is 15.5 Å². The molecular weight excluding hydrogens is 418 g/mol. The van der Waals surface area contributed by atoms with Crippen molar-refractivity contribution >= 4 is 39.1 Å². The van der Waals surface area contributed by atoms with Gasteiger partial charge in [-0.05, 0) is 25.1 Å². The Morgan fingerprint density at radius 1 is 1.07 bits per heavy atom. The molecule has 0 spiro atoms. The lowest BCUT2D eigenvalue weighted by Gasteiger charge is -2.18. The van der Waals surface area contributed by atoms with Crippen molar-refractivity contribution in [2.24, 2.45) is 0 Å². The molecule has 2 aromatic heterocycles. The summed E-state index contributed by atoms with van der Waals surface area (Å²) < 4.78 is 12.1. The number of hydrogen-bond donors (Lipinski definition) is 0. The molecule has 0 bridgehead atoms. The third kappa shape index (κ3) is 3.64. The van der Waals surface area contributed by atoms with Crippen LogP contribution >= 0.6 is 23.1 Å². The predicted molar refractivity (Wildman–Crippen MR) is 118 cm³/mol. The Hall–Kier alpha value is -2.97. The summed E-state index contributed by atoms with van der Waals surface area (Å²) in [5.41, 5.74) is 3.21. The molecule has 0 fully saturated rings. The molecule has 4 aromatic rings. The van der Waals surface area contributed by atoms with Gasteiger partial charge in [-0.25, -0.2) is 4.98 Å². The summed E-state index contributed by atoms with van der Waals surface area (Å²) in [6.07, 6.45) is 0. The van der Waals surface area contributed by atoms with Crippen molar-refractivity contribution in [1.29, 1.82) is 0 Å². The number of hydrogen-bond acceptors (Lipinski definition) is 8. The number of benzene rings is 2. The average Bonchev–Trinajstić information content (AvgIpc) is 3.19. The Kier molecular flexibility index (Phi) is 5.10. The maximum Gasteiger partial charge on any atom is 0.173 e. The first kappa shape index (κ1) is 19.0. The van der Waals surface area contributed by atoms with Crippen molar-refractivity contribution < 1.29 is 14.3 Å². The van der Waals surface area contributed by atoms with Gasteiger partial charge in [0, 0.05) is 11.1 Å². The molecular formula is C22H17N3O3S2. The molecule has 0 atom stereocenters. The van der Waals surface area contributed by atoms with E-state index in [2.05, 4.69) is 15.2 Å². The van der Waals surface area contributed by atoms with Crippen LogP contribution in [0.1, 0.15) is 15.4 Å². The van der Waals surface area contributed by atoms with Gasteiger partial charge in [-0.3, -0.25) is 4.79 Å². The van der Waals surface area contributed by atoms with E-state index in [1.807, 2.05) is 37.3 Å². The van der Waals surface area contributed by atoms with Crippen LogP contribution in [0.15, 0.2) is 53.6 Å². The second-order valence-corrected chi connectivity index (χ2v) is 8.87. The Labute approximate surface area is 181 Å². The number of Topliss-reactive ketones (excluding diaryl/α,β-unsaturated/α-hetero) is 1. The standard InChI is InChI=1S/C22H17N3O3S2/c1-13-23-20-21(30-13)19(14-5-3-2-4-6-14)24-25-22(20)29-12-16(26)15-7-8-17-18(11-15)28-10-9-27-17/h2-8,11H,9-10,12H2,1H3.